The van der Waals surface area contributed by atoms with Crippen molar-refractivity contribution in [3.8, 4) is 0 Å². The van der Waals surface area contributed by atoms with E-state index in [4.69, 9.17) is 0 Å². The third-order valence-corrected chi connectivity index (χ3v) is 6.33. The molecule has 0 aromatic heterocycles. The highest BCUT2D eigenvalue weighted by atomic mass is 31.2. The summed E-state index contributed by atoms with van der Waals surface area (Å²) < 4.78 is 50.6. The first-order valence-electron chi connectivity index (χ1n) is 5.29. The lowest BCUT2D eigenvalue weighted by molar-refractivity contribution is -0.161. The van der Waals surface area contributed by atoms with Crippen LogP contribution in [-0.4, -0.2) is 16.9 Å². The second kappa shape index (κ2) is 4.54. The van der Waals surface area contributed by atoms with Crippen LogP contribution in [0.5, 0.6) is 0 Å². The van der Waals surface area contributed by atoms with E-state index < -0.39 is 24.0 Å². The van der Waals surface area contributed by atoms with Crippen molar-refractivity contribution < 1.29 is 22.5 Å². The summed E-state index contributed by atoms with van der Waals surface area (Å²) in [6, 6.07) is 7.13. The van der Waals surface area contributed by atoms with Crippen LogP contribution in [0.25, 0.3) is 0 Å². The molecule has 1 unspecified atom stereocenters. The monoisotopic (exact) mass is 278 g/mol. The minimum atomic E-state index is -5.10. The van der Waals surface area contributed by atoms with Crippen LogP contribution < -0.4 is 5.30 Å². The normalized spacial score (nSPS) is 16.1. The number of carbonyl (C=O) groups excluding carboxylic acids is 1. The fourth-order valence-corrected chi connectivity index (χ4v) is 4.19. The summed E-state index contributed by atoms with van der Waals surface area (Å²) in [6.45, 7) is 4.14. The third-order valence-electron chi connectivity index (χ3n) is 2.59. The third kappa shape index (κ3) is 2.51. The van der Waals surface area contributed by atoms with Crippen molar-refractivity contribution in [3.05, 3.63) is 30.3 Å². The molecule has 0 aliphatic carbocycles. The topological polar surface area (TPSA) is 34.1 Å². The number of hydrogen-bond donors (Lipinski definition) is 0. The molecule has 0 spiro atoms. The molecular formula is C12H14F3O2P. The molecule has 0 bridgehead atoms. The Labute approximate surface area is 104 Å². The number of carbonyl (C=O) groups is 1. The van der Waals surface area contributed by atoms with Crippen molar-refractivity contribution in [1.29, 1.82) is 0 Å². The van der Waals surface area contributed by atoms with Crippen molar-refractivity contribution in [3.63, 3.8) is 0 Å². The van der Waals surface area contributed by atoms with Crippen molar-refractivity contribution in [1.82, 2.24) is 0 Å². The van der Waals surface area contributed by atoms with Crippen LogP contribution in [0.4, 0.5) is 13.2 Å². The quantitative estimate of drug-likeness (QED) is 0.775. The van der Waals surface area contributed by atoms with Gasteiger partial charge in [0.15, 0.2) is 7.14 Å². The lowest BCUT2D eigenvalue weighted by atomic mass is 10.3. The first kappa shape index (κ1) is 15.0. The Morgan fingerprint density at radius 3 is 1.83 bits per heavy atom. The SMILES string of the molecule is CC(C)(C)P(=O)(C(=O)C(F)(F)F)c1ccccc1. The zero-order chi connectivity index (χ0) is 14.2. The molecule has 18 heavy (non-hydrogen) atoms. The zero-order valence-electron chi connectivity index (χ0n) is 10.3. The van der Waals surface area contributed by atoms with Crippen LogP contribution in [-0.2, 0) is 9.36 Å². The van der Waals surface area contributed by atoms with Gasteiger partial charge in [-0.1, -0.05) is 51.1 Å². The maximum absolute atomic E-state index is 12.7. The molecule has 0 saturated carbocycles. The van der Waals surface area contributed by atoms with Crippen LogP contribution in [0.1, 0.15) is 20.8 Å². The molecule has 0 heterocycles. The number of rotatable bonds is 2. The van der Waals surface area contributed by atoms with E-state index in [2.05, 4.69) is 0 Å². The molecule has 0 fully saturated rings. The van der Waals surface area contributed by atoms with E-state index >= 15 is 0 Å². The summed E-state index contributed by atoms with van der Waals surface area (Å²) in [5.74, 6) is 0. The summed E-state index contributed by atoms with van der Waals surface area (Å²) in [7, 11) is -4.23. The second-order valence-corrected chi connectivity index (χ2v) is 8.40. The molecule has 0 amide bonds. The predicted octanol–water partition coefficient (Wildman–Crippen LogP) is 3.56. The number of benzene rings is 1. The lowest BCUT2D eigenvalue weighted by Crippen LogP contribution is -2.35. The molecule has 100 valence electrons. The highest BCUT2D eigenvalue weighted by Gasteiger charge is 2.56. The molecular weight excluding hydrogens is 264 g/mol. The molecule has 1 atom stereocenters. The van der Waals surface area contributed by atoms with Gasteiger partial charge < -0.3 is 4.57 Å². The Morgan fingerprint density at radius 2 is 1.50 bits per heavy atom. The van der Waals surface area contributed by atoms with Crippen LogP contribution in [0.15, 0.2) is 30.3 Å². The summed E-state index contributed by atoms with van der Waals surface area (Å²) in [4.78, 5) is 11.5. The van der Waals surface area contributed by atoms with Gasteiger partial charge in [0.05, 0.1) is 0 Å². The van der Waals surface area contributed by atoms with Gasteiger partial charge >= 0.3 is 6.18 Å². The fourth-order valence-electron chi connectivity index (χ4n) is 1.63. The zero-order valence-corrected chi connectivity index (χ0v) is 11.2. The van der Waals surface area contributed by atoms with E-state index in [1.54, 1.807) is 6.07 Å². The highest BCUT2D eigenvalue weighted by Crippen LogP contribution is 2.60. The molecule has 0 aliphatic rings. The average molecular weight is 278 g/mol. The van der Waals surface area contributed by atoms with Gasteiger partial charge in [-0.3, -0.25) is 4.79 Å². The average Bonchev–Trinajstić information content (AvgIpc) is 2.25. The van der Waals surface area contributed by atoms with E-state index in [9.17, 15) is 22.5 Å². The maximum Gasteiger partial charge on any atom is 0.458 e. The lowest BCUT2D eigenvalue weighted by Gasteiger charge is -2.30. The number of alkyl halides is 3. The van der Waals surface area contributed by atoms with Crippen molar-refractivity contribution in [2.24, 2.45) is 0 Å². The largest absolute Gasteiger partial charge is 0.458 e. The number of hydrogen-bond acceptors (Lipinski definition) is 2. The fraction of sp³-hybridized carbons (Fsp3) is 0.417. The van der Waals surface area contributed by atoms with Gasteiger partial charge in [-0.25, -0.2) is 0 Å². The standard InChI is InChI=1S/C12H14F3O2P/c1-11(2,3)18(17,10(16)12(13,14)15)9-7-5-4-6-8-9/h4-8H,1-3H3. The summed E-state index contributed by atoms with van der Waals surface area (Å²) >= 11 is 0. The highest BCUT2D eigenvalue weighted by molar-refractivity contribution is 7.88. The van der Waals surface area contributed by atoms with Gasteiger partial charge in [0, 0.05) is 10.5 Å². The molecule has 0 saturated heterocycles. The predicted molar refractivity (Wildman–Crippen MR) is 64.5 cm³/mol. The Hall–Kier alpha value is -1.09. The molecule has 0 radical (unpaired) electrons. The summed E-state index contributed by atoms with van der Waals surface area (Å²) in [6.07, 6.45) is -5.10. The minimum Gasteiger partial charge on any atom is -0.310 e. The maximum atomic E-state index is 12.7. The van der Waals surface area contributed by atoms with Crippen molar-refractivity contribution in [2.45, 2.75) is 32.1 Å². The minimum absolute atomic E-state index is 0.0557. The van der Waals surface area contributed by atoms with Crippen molar-refractivity contribution in [2.75, 3.05) is 0 Å². The molecule has 2 nitrogen and oxygen atoms in total. The van der Waals surface area contributed by atoms with Gasteiger partial charge in [0.25, 0.3) is 5.52 Å². The molecule has 1 aromatic rings. The van der Waals surface area contributed by atoms with Gasteiger partial charge in [-0.05, 0) is 0 Å². The van der Waals surface area contributed by atoms with E-state index in [0.717, 1.165) is 0 Å². The first-order valence-corrected chi connectivity index (χ1v) is 6.99. The van der Waals surface area contributed by atoms with E-state index in [1.165, 1.54) is 45.0 Å². The van der Waals surface area contributed by atoms with Crippen LogP contribution >= 0.6 is 7.14 Å². The van der Waals surface area contributed by atoms with Gasteiger partial charge in [-0.15, -0.1) is 0 Å². The Morgan fingerprint density at radius 1 is 1.06 bits per heavy atom. The van der Waals surface area contributed by atoms with E-state index in [1.807, 2.05) is 0 Å². The summed E-state index contributed by atoms with van der Waals surface area (Å²) in [5.41, 5.74) is -2.14. The molecule has 0 N–H and O–H groups in total. The van der Waals surface area contributed by atoms with Crippen molar-refractivity contribution >= 4 is 18.0 Å². The summed E-state index contributed by atoms with van der Waals surface area (Å²) in [5, 5.41) is -1.33. The molecule has 6 heteroatoms. The van der Waals surface area contributed by atoms with Crippen LogP contribution in [0.2, 0.25) is 0 Å². The van der Waals surface area contributed by atoms with Crippen LogP contribution in [0.3, 0.4) is 0 Å². The van der Waals surface area contributed by atoms with E-state index in [0.29, 0.717) is 0 Å². The Kier molecular flexibility index (Phi) is 3.78. The molecule has 0 aliphatic heterocycles. The van der Waals surface area contributed by atoms with Gasteiger partial charge in [0.2, 0.25) is 0 Å². The van der Waals surface area contributed by atoms with Crippen LogP contribution in [0, 0.1) is 0 Å². The second-order valence-electron chi connectivity index (χ2n) is 4.92. The molecule has 1 rings (SSSR count). The number of halogens is 3. The first-order chi connectivity index (χ1) is 8.01. The van der Waals surface area contributed by atoms with Gasteiger partial charge in [0.1, 0.15) is 0 Å². The Balaban J connectivity index is 3.50. The Bertz CT molecular complexity index is 486. The molecule has 1 aromatic carbocycles. The van der Waals surface area contributed by atoms with Gasteiger partial charge in [-0.2, -0.15) is 13.2 Å². The van der Waals surface area contributed by atoms with E-state index in [-0.39, 0.29) is 5.30 Å². The smallest absolute Gasteiger partial charge is 0.310 e.